The summed E-state index contributed by atoms with van der Waals surface area (Å²) in [5.41, 5.74) is 1.19. The van der Waals surface area contributed by atoms with Gasteiger partial charge in [0.15, 0.2) is 0 Å². The monoisotopic (exact) mass is 333 g/mol. The number of nitrogens with zero attached hydrogens (tertiary/aromatic N) is 3. The molecule has 5 heteroatoms. The molecule has 1 aliphatic heterocycles. The summed E-state index contributed by atoms with van der Waals surface area (Å²) in [4.78, 5) is 9.04. The number of ether oxygens (including phenoxy) is 2. The van der Waals surface area contributed by atoms with Gasteiger partial charge in [-0.15, -0.1) is 6.58 Å². The maximum atomic E-state index is 6.17. The molecule has 5 nitrogen and oxygen atoms in total. The molecule has 0 aromatic carbocycles. The molecule has 0 N–H and O–H groups in total. The Bertz CT molecular complexity index is 468. The predicted octanol–water partition coefficient (Wildman–Crippen LogP) is 2.58. The number of hydrogen-bond acceptors (Lipinski definition) is 5. The van der Waals surface area contributed by atoms with Crippen LogP contribution in [-0.4, -0.2) is 67.8 Å². The van der Waals surface area contributed by atoms with E-state index in [0.29, 0.717) is 5.88 Å². The zero-order valence-corrected chi connectivity index (χ0v) is 15.1. The summed E-state index contributed by atoms with van der Waals surface area (Å²) in [5, 5.41) is 0. The van der Waals surface area contributed by atoms with Gasteiger partial charge in [0.25, 0.3) is 0 Å². The Morgan fingerprint density at radius 1 is 1.38 bits per heavy atom. The van der Waals surface area contributed by atoms with Crippen molar-refractivity contribution < 1.29 is 9.47 Å². The Balaban J connectivity index is 1.92. The highest BCUT2D eigenvalue weighted by Crippen LogP contribution is 2.15. The Labute approximate surface area is 146 Å². The van der Waals surface area contributed by atoms with Crippen LogP contribution in [0, 0.1) is 0 Å². The first-order valence-corrected chi connectivity index (χ1v) is 8.84. The van der Waals surface area contributed by atoms with Gasteiger partial charge in [-0.1, -0.05) is 12.1 Å². The first-order chi connectivity index (χ1) is 11.7. The maximum Gasteiger partial charge on any atom is 0.213 e. The molecule has 2 rings (SSSR count). The molecule has 1 aromatic rings. The minimum absolute atomic E-state index is 0.133. The van der Waals surface area contributed by atoms with Crippen molar-refractivity contribution in [3.63, 3.8) is 0 Å². The van der Waals surface area contributed by atoms with Crippen LogP contribution < -0.4 is 4.74 Å². The molecule has 1 aromatic heterocycles. The smallest absolute Gasteiger partial charge is 0.213 e. The summed E-state index contributed by atoms with van der Waals surface area (Å²) in [6, 6.07) is 4.07. The van der Waals surface area contributed by atoms with E-state index in [9.17, 15) is 0 Å². The minimum atomic E-state index is 0.133. The highest BCUT2D eigenvalue weighted by molar-refractivity contribution is 5.18. The summed E-state index contributed by atoms with van der Waals surface area (Å²) in [6.07, 6.45) is 6.99. The lowest BCUT2D eigenvalue weighted by molar-refractivity contribution is 0.109. The van der Waals surface area contributed by atoms with Crippen LogP contribution in [0.1, 0.15) is 24.8 Å². The van der Waals surface area contributed by atoms with Crippen LogP contribution in [0.15, 0.2) is 31.0 Å². The van der Waals surface area contributed by atoms with Gasteiger partial charge < -0.3 is 14.4 Å². The molecule has 0 spiro atoms. The Kier molecular flexibility index (Phi) is 8.22. The zero-order chi connectivity index (χ0) is 17.2. The summed E-state index contributed by atoms with van der Waals surface area (Å²) in [5.74, 6) is 0.706. The van der Waals surface area contributed by atoms with Gasteiger partial charge in [0.2, 0.25) is 5.88 Å². The van der Waals surface area contributed by atoms with Gasteiger partial charge in [-0.25, -0.2) is 4.98 Å². The van der Waals surface area contributed by atoms with Gasteiger partial charge in [0, 0.05) is 45.0 Å². The average Bonchev–Trinajstić information content (AvgIpc) is 2.82. The van der Waals surface area contributed by atoms with E-state index < -0.39 is 0 Å². The van der Waals surface area contributed by atoms with E-state index in [4.69, 9.17) is 9.47 Å². The third-order valence-electron chi connectivity index (χ3n) is 4.05. The minimum Gasteiger partial charge on any atom is -0.473 e. The number of pyridine rings is 1. The van der Waals surface area contributed by atoms with E-state index in [1.165, 1.54) is 5.56 Å². The SMILES string of the molecule is C=CCC[C@H](CN1CCCOCC1)Oc1ccc(CN(C)C)cn1. The molecule has 1 aliphatic rings. The molecule has 0 radical (unpaired) electrons. The molecule has 0 aliphatic carbocycles. The normalized spacial score (nSPS) is 17.5. The Morgan fingerprint density at radius 3 is 2.96 bits per heavy atom. The second kappa shape index (κ2) is 10.4. The van der Waals surface area contributed by atoms with Crippen LogP contribution in [0.2, 0.25) is 0 Å². The highest BCUT2D eigenvalue weighted by Gasteiger charge is 2.17. The first-order valence-electron chi connectivity index (χ1n) is 8.84. The Hall–Kier alpha value is -1.43. The lowest BCUT2D eigenvalue weighted by Crippen LogP contribution is -2.37. The third-order valence-corrected chi connectivity index (χ3v) is 4.05. The van der Waals surface area contributed by atoms with Crippen LogP contribution >= 0.6 is 0 Å². The van der Waals surface area contributed by atoms with E-state index in [1.807, 2.05) is 18.3 Å². The van der Waals surface area contributed by atoms with Gasteiger partial charge in [0.05, 0.1) is 6.61 Å². The fourth-order valence-corrected chi connectivity index (χ4v) is 2.87. The number of hydrogen-bond donors (Lipinski definition) is 0. The highest BCUT2D eigenvalue weighted by atomic mass is 16.5. The van der Waals surface area contributed by atoms with Gasteiger partial charge in [0.1, 0.15) is 6.10 Å². The molecular weight excluding hydrogens is 302 g/mol. The molecule has 24 heavy (non-hydrogen) atoms. The molecule has 1 fully saturated rings. The molecule has 0 bridgehead atoms. The first kappa shape index (κ1) is 18.9. The molecule has 1 saturated heterocycles. The van der Waals surface area contributed by atoms with Crippen molar-refractivity contribution in [2.45, 2.75) is 31.9 Å². The lowest BCUT2D eigenvalue weighted by atomic mass is 10.1. The standard InChI is InChI=1S/C19H31N3O2/c1-4-5-7-18(16-22-10-6-12-23-13-11-22)24-19-9-8-17(14-20-19)15-21(2)3/h4,8-9,14,18H,1,5-7,10-13,15-16H2,2-3H3/t18-/m1/s1. The van der Waals surface area contributed by atoms with Crippen LogP contribution in [0.25, 0.3) is 0 Å². The number of rotatable bonds is 9. The number of aromatic nitrogens is 1. The lowest BCUT2D eigenvalue weighted by Gasteiger charge is -2.26. The van der Waals surface area contributed by atoms with Crippen molar-refractivity contribution >= 4 is 0 Å². The molecule has 0 saturated carbocycles. The van der Waals surface area contributed by atoms with Crippen molar-refractivity contribution in [3.05, 3.63) is 36.5 Å². The van der Waals surface area contributed by atoms with Crippen molar-refractivity contribution in [1.29, 1.82) is 0 Å². The van der Waals surface area contributed by atoms with Gasteiger partial charge >= 0.3 is 0 Å². The van der Waals surface area contributed by atoms with E-state index in [-0.39, 0.29) is 6.10 Å². The van der Waals surface area contributed by atoms with E-state index in [0.717, 1.165) is 58.7 Å². The fourth-order valence-electron chi connectivity index (χ4n) is 2.87. The van der Waals surface area contributed by atoms with Gasteiger partial charge in [-0.2, -0.15) is 0 Å². The molecule has 0 amide bonds. The largest absolute Gasteiger partial charge is 0.473 e. The third kappa shape index (κ3) is 6.99. The van der Waals surface area contributed by atoms with Gasteiger partial charge in [-0.05, 0) is 38.9 Å². The van der Waals surface area contributed by atoms with E-state index >= 15 is 0 Å². The van der Waals surface area contributed by atoms with Crippen LogP contribution in [0.5, 0.6) is 5.88 Å². The van der Waals surface area contributed by atoms with Crippen LogP contribution in [0.4, 0.5) is 0 Å². The van der Waals surface area contributed by atoms with Crippen LogP contribution in [-0.2, 0) is 11.3 Å². The van der Waals surface area contributed by atoms with E-state index in [1.54, 1.807) is 0 Å². The van der Waals surface area contributed by atoms with Crippen molar-refractivity contribution in [1.82, 2.24) is 14.8 Å². The zero-order valence-electron chi connectivity index (χ0n) is 15.1. The summed E-state index contributed by atoms with van der Waals surface area (Å²) < 4.78 is 11.7. The quantitative estimate of drug-likeness (QED) is 0.649. The second-order valence-corrected chi connectivity index (χ2v) is 6.61. The van der Waals surface area contributed by atoms with Crippen molar-refractivity contribution in [2.75, 3.05) is 46.9 Å². The summed E-state index contributed by atoms with van der Waals surface area (Å²) >= 11 is 0. The van der Waals surface area contributed by atoms with E-state index in [2.05, 4.69) is 41.5 Å². The predicted molar refractivity (Wildman–Crippen MR) is 97.4 cm³/mol. The summed E-state index contributed by atoms with van der Waals surface area (Å²) in [6.45, 7) is 9.36. The molecule has 134 valence electrons. The molecular formula is C19H31N3O2. The van der Waals surface area contributed by atoms with Crippen molar-refractivity contribution in [3.8, 4) is 5.88 Å². The molecule has 1 atom stereocenters. The average molecular weight is 333 g/mol. The maximum absolute atomic E-state index is 6.17. The second-order valence-electron chi connectivity index (χ2n) is 6.61. The topological polar surface area (TPSA) is 37.8 Å². The number of allylic oxidation sites excluding steroid dienone is 1. The Morgan fingerprint density at radius 2 is 2.25 bits per heavy atom. The van der Waals surface area contributed by atoms with Crippen molar-refractivity contribution in [2.24, 2.45) is 0 Å². The van der Waals surface area contributed by atoms with Gasteiger partial charge in [-0.3, -0.25) is 4.90 Å². The molecule has 2 heterocycles. The van der Waals surface area contributed by atoms with Crippen LogP contribution in [0.3, 0.4) is 0 Å². The summed E-state index contributed by atoms with van der Waals surface area (Å²) in [7, 11) is 4.11. The fraction of sp³-hybridized carbons (Fsp3) is 0.632. The molecule has 0 unspecified atom stereocenters.